The molecule has 150 valence electrons. The molecule has 5 nitrogen and oxygen atoms in total. The number of carbonyl (C=O) groups excluding carboxylic acids is 1. The summed E-state index contributed by atoms with van der Waals surface area (Å²) in [5, 5.41) is 16.0. The molecule has 2 aliphatic carbocycles. The average molecular weight is 385 g/mol. The Kier molecular flexibility index (Phi) is 3.74. The first-order valence-corrected chi connectivity index (χ1v) is 10.4. The van der Waals surface area contributed by atoms with E-state index in [0.717, 1.165) is 32.1 Å². The van der Waals surface area contributed by atoms with Crippen molar-refractivity contribution in [1.29, 1.82) is 0 Å². The summed E-state index contributed by atoms with van der Waals surface area (Å²) in [6, 6.07) is 5.16. The first-order chi connectivity index (χ1) is 13.2. The van der Waals surface area contributed by atoms with E-state index < -0.39 is 11.5 Å². The largest absolute Gasteiger partial charge is 0.390 e. The molecule has 5 unspecified atom stereocenters. The SMILES string of the molecule is CC(C(=O)N1C2CCC3(O)CC1CC(C)(C2)C3)c1nn(C)c2cccc(F)c12. The highest BCUT2D eigenvalue weighted by molar-refractivity contribution is 5.91. The number of fused-ring (bicyclic) bond motifs is 2. The molecule has 2 aromatic rings. The maximum absolute atomic E-state index is 14.6. The Hall–Kier alpha value is -1.95. The molecule has 1 amide bonds. The number of aliphatic hydroxyl groups is 1. The molecule has 28 heavy (non-hydrogen) atoms. The van der Waals surface area contributed by atoms with Crippen LogP contribution in [0.2, 0.25) is 0 Å². The van der Waals surface area contributed by atoms with Gasteiger partial charge in [0.05, 0.1) is 28.1 Å². The standard InChI is InChI=1S/C22H28FN3O2/c1-13(19-18-16(23)5-4-6-17(18)25(3)24-19)20(27)26-14-7-8-22(28)11-15(26)10-21(2,9-14)12-22/h4-6,13-15,28H,7-12H2,1-3H3. The Labute approximate surface area is 164 Å². The third-order valence-corrected chi connectivity index (χ3v) is 7.45. The van der Waals surface area contributed by atoms with E-state index in [1.807, 2.05) is 17.9 Å². The molecule has 4 fully saturated rings. The van der Waals surface area contributed by atoms with E-state index in [4.69, 9.17) is 0 Å². The summed E-state index contributed by atoms with van der Waals surface area (Å²) in [5.74, 6) is -0.827. The minimum Gasteiger partial charge on any atom is -0.390 e. The molecule has 1 N–H and O–H groups in total. The zero-order valence-electron chi connectivity index (χ0n) is 16.8. The molecule has 1 aromatic carbocycles. The Morgan fingerprint density at radius 1 is 1.32 bits per heavy atom. The molecule has 1 aromatic heterocycles. The van der Waals surface area contributed by atoms with Crippen molar-refractivity contribution in [3.63, 3.8) is 0 Å². The van der Waals surface area contributed by atoms with Gasteiger partial charge in [0, 0.05) is 19.1 Å². The maximum atomic E-state index is 14.6. The summed E-state index contributed by atoms with van der Waals surface area (Å²) < 4.78 is 16.2. The van der Waals surface area contributed by atoms with E-state index in [2.05, 4.69) is 12.0 Å². The van der Waals surface area contributed by atoms with Crippen molar-refractivity contribution in [3.05, 3.63) is 29.7 Å². The van der Waals surface area contributed by atoms with Gasteiger partial charge in [-0.3, -0.25) is 9.48 Å². The molecule has 2 saturated heterocycles. The number of halogens is 1. The van der Waals surface area contributed by atoms with Crippen molar-refractivity contribution >= 4 is 16.8 Å². The molecule has 6 rings (SSSR count). The van der Waals surface area contributed by atoms with Crippen LogP contribution in [0.4, 0.5) is 4.39 Å². The molecule has 0 radical (unpaired) electrons. The number of hydrogen-bond acceptors (Lipinski definition) is 3. The molecule has 6 heteroatoms. The van der Waals surface area contributed by atoms with Crippen molar-refractivity contribution in [2.45, 2.75) is 76.0 Å². The van der Waals surface area contributed by atoms with Gasteiger partial charge in [0.25, 0.3) is 0 Å². The van der Waals surface area contributed by atoms with Crippen LogP contribution in [-0.4, -0.2) is 43.4 Å². The number of hydrogen-bond donors (Lipinski definition) is 1. The summed E-state index contributed by atoms with van der Waals surface area (Å²) in [5.41, 5.74) is 0.684. The van der Waals surface area contributed by atoms with E-state index >= 15 is 0 Å². The fourth-order valence-electron chi connectivity index (χ4n) is 6.51. The third-order valence-electron chi connectivity index (χ3n) is 7.45. The maximum Gasteiger partial charge on any atom is 0.232 e. The summed E-state index contributed by atoms with van der Waals surface area (Å²) in [6.45, 7) is 4.10. The van der Waals surface area contributed by atoms with Gasteiger partial charge in [-0.15, -0.1) is 0 Å². The number of benzene rings is 1. The highest BCUT2D eigenvalue weighted by atomic mass is 19.1. The van der Waals surface area contributed by atoms with Gasteiger partial charge >= 0.3 is 0 Å². The minimum absolute atomic E-state index is 0.0199. The Morgan fingerprint density at radius 2 is 2.07 bits per heavy atom. The number of rotatable bonds is 2. The minimum atomic E-state index is -0.644. The predicted molar refractivity (Wildman–Crippen MR) is 104 cm³/mol. The van der Waals surface area contributed by atoms with Crippen LogP contribution in [0.1, 0.15) is 64.0 Å². The summed E-state index contributed by atoms with van der Waals surface area (Å²) >= 11 is 0. The van der Waals surface area contributed by atoms with Gasteiger partial charge in [0.1, 0.15) is 5.82 Å². The normalized spacial score (nSPS) is 35.4. The van der Waals surface area contributed by atoms with E-state index in [-0.39, 0.29) is 29.2 Å². The molecule has 4 aliphatic rings. The van der Waals surface area contributed by atoms with E-state index in [1.54, 1.807) is 17.8 Å². The lowest BCUT2D eigenvalue weighted by molar-refractivity contribution is -0.150. The van der Waals surface area contributed by atoms with Gasteiger partial charge in [-0.25, -0.2) is 4.39 Å². The van der Waals surface area contributed by atoms with E-state index in [9.17, 15) is 14.3 Å². The predicted octanol–water partition coefficient (Wildman–Crippen LogP) is 3.50. The summed E-state index contributed by atoms with van der Waals surface area (Å²) in [7, 11) is 1.78. The van der Waals surface area contributed by atoms with E-state index in [1.165, 1.54) is 6.07 Å². The first-order valence-electron chi connectivity index (χ1n) is 10.4. The lowest BCUT2D eigenvalue weighted by atomic mass is 9.63. The molecule has 0 spiro atoms. The van der Waals surface area contributed by atoms with Crippen molar-refractivity contribution in [3.8, 4) is 0 Å². The van der Waals surface area contributed by atoms with Crippen LogP contribution >= 0.6 is 0 Å². The lowest BCUT2D eigenvalue weighted by Gasteiger charge is -2.54. The van der Waals surface area contributed by atoms with Crippen molar-refractivity contribution in [1.82, 2.24) is 14.7 Å². The van der Waals surface area contributed by atoms with Crippen LogP contribution in [0.25, 0.3) is 10.9 Å². The van der Waals surface area contributed by atoms with Gasteiger partial charge in [-0.2, -0.15) is 5.10 Å². The number of nitrogens with zero attached hydrogens (tertiary/aromatic N) is 3. The third kappa shape index (κ3) is 2.53. The Morgan fingerprint density at radius 3 is 2.86 bits per heavy atom. The molecule has 3 heterocycles. The molecule has 4 bridgehead atoms. The lowest BCUT2D eigenvalue weighted by Crippen LogP contribution is -2.59. The first kappa shape index (κ1) is 18.1. The van der Waals surface area contributed by atoms with Crippen LogP contribution < -0.4 is 0 Å². The van der Waals surface area contributed by atoms with Crippen LogP contribution in [-0.2, 0) is 11.8 Å². The summed E-state index contributed by atoms with van der Waals surface area (Å²) in [6.07, 6.45) is 5.01. The smallest absolute Gasteiger partial charge is 0.232 e. The Balaban J connectivity index is 1.52. The topological polar surface area (TPSA) is 58.4 Å². The molecular weight excluding hydrogens is 357 g/mol. The molecule has 2 saturated carbocycles. The van der Waals surface area contributed by atoms with E-state index in [0.29, 0.717) is 23.0 Å². The second kappa shape index (κ2) is 5.78. The Bertz CT molecular complexity index is 966. The van der Waals surface area contributed by atoms with Gasteiger partial charge in [0.2, 0.25) is 5.91 Å². The van der Waals surface area contributed by atoms with Crippen molar-refractivity contribution < 1.29 is 14.3 Å². The molecular formula is C22H28FN3O2. The quantitative estimate of drug-likeness (QED) is 0.861. The summed E-state index contributed by atoms with van der Waals surface area (Å²) in [4.78, 5) is 15.7. The highest BCUT2D eigenvalue weighted by Crippen LogP contribution is 2.55. The van der Waals surface area contributed by atoms with Crippen LogP contribution in [0.15, 0.2) is 18.2 Å². The van der Waals surface area contributed by atoms with Gasteiger partial charge < -0.3 is 10.0 Å². The van der Waals surface area contributed by atoms with Crippen LogP contribution in [0.5, 0.6) is 0 Å². The number of aromatic nitrogens is 2. The van der Waals surface area contributed by atoms with Gasteiger partial charge in [-0.1, -0.05) is 13.0 Å². The fourth-order valence-corrected chi connectivity index (χ4v) is 6.51. The number of carbonyl (C=O) groups is 1. The molecule has 5 atom stereocenters. The van der Waals surface area contributed by atoms with Crippen LogP contribution in [0, 0.1) is 11.2 Å². The zero-order valence-corrected chi connectivity index (χ0v) is 16.8. The number of piperidine rings is 1. The molecule has 2 aliphatic heterocycles. The van der Waals surface area contributed by atoms with Crippen LogP contribution in [0.3, 0.4) is 0 Å². The second-order valence-corrected chi connectivity index (χ2v) is 9.78. The van der Waals surface area contributed by atoms with Crippen molar-refractivity contribution in [2.24, 2.45) is 12.5 Å². The zero-order chi connectivity index (χ0) is 19.8. The number of aryl methyl sites for hydroxylation is 1. The van der Waals surface area contributed by atoms with Crippen molar-refractivity contribution in [2.75, 3.05) is 0 Å². The average Bonchev–Trinajstić information content (AvgIpc) is 2.86. The monoisotopic (exact) mass is 385 g/mol. The number of amides is 1. The van der Waals surface area contributed by atoms with Gasteiger partial charge in [-0.05, 0) is 63.0 Å². The fraction of sp³-hybridized carbons (Fsp3) is 0.636. The highest BCUT2D eigenvalue weighted by Gasteiger charge is 2.56. The second-order valence-electron chi connectivity index (χ2n) is 9.78. The van der Waals surface area contributed by atoms with Gasteiger partial charge in [0.15, 0.2) is 0 Å².